The standard InChI is InChI=1S/C17H20N4O2S2/c1-10-8-14(11(2)21(10)9-13-6-5-7-23-13)15(22)12(3)24-17-20-19-16(18-4)25-17/h5-8,12H,9H2,1-4H3,(H,18,19)/t12-/m0/s1. The van der Waals surface area contributed by atoms with E-state index in [-0.39, 0.29) is 11.0 Å². The van der Waals surface area contributed by atoms with Crippen LogP contribution in [0.25, 0.3) is 0 Å². The normalized spacial score (nSPS) is 12.3. The number of furan rings is 1. The van der Waals surface area contributed by atoms with Crippen LogP contribution in [0, 0.1) is 13.8 Å². The molecule has 0 aliphatic rings. The number of thioether (sulfide) groups is 1. The van der Waals surface area contributed by atoms with Crippen LogP contribution < -0.4 is 5.32 Å². The first-order valence-corrected chi connectivity index (χ1v) is 9.60. The van der Waals surface area contributed by atoms with Crippen LogP contribution in [-0.2, 0) is 6.54 Å². The Hall–Kier alpha value is -2.06. The van der Waals surface area contributed by atoms with Gasteiger partial charge in [0.1, 0.15) is 5.76 Å². The van der Waals surface area contributed by atoms with Gasteiger partial charge in [0.05, 0.1) is 18.1 Å². The lowest BCUT2D eigenvalue weighted by Gasteiger charge is -2.10. The Balaban J connectivity index is 1.77. The number of aryl methyl sites for hydroxylation is 1. The minimum absolute atomic E-state index is 0.102. The summed E-state index contributed by atoms with van der Waals surface area (Å²) in [5.41, 5.74) is 2.75. The van der Waals surface area contributed by atoms with Gasteiger partial charge in [0, 0.05) is 24.0 Å². The monoisotopic (exact) mass is 376 g/mol. The fourth-order valence-electron chi connectivity index (χ4n) is 2.63. The number of carbonyl (C=O) groups is 1. The number of Topliss-reactive ketones (excluding diaryl/α,β-unsaturated/α-hetero) is 1. The van der Waals surface area contributed by atoms with Crippen LogP contribution >= 0.6 is 23.1 Å². The highest BCUT2D eigenvalue weighted by Gasteiger charge is 2.23. The molecule has 3 aromatic rings. The van der Waals surface area contributed by atoms with E-state index in [0.29, 0.717) is 6.54 Å². The van der Waals surface area contributed by atoms with Crippen molar-refractivity contribution in [3.8, 4) is 0 Å². The van der Waals surface area contributed by atoms with E-state index < -0.39 is 0 Å². The Bertz CT molecular complexity index is 867. The summed E-state index contributed by atoms with van der Waals surface area (Å²) in [6.07, 6.45) is 1.66. The van der Waals surface area contributed by atoms with Crippen molar-refractivity contribution in [2.75, 3.05) is 12.4 Å². The van der Waals surface area contributed by atoms with Gasteiger partial charge in [-0.3, -0.25) is 4.79 Å². The zero-order valence-electron chi connectivity index (χ0n) is 14.6. The van der Waals surface area contributed by atoms with Crippen LogP contribution in [0.5, 0.6) is 0 Å². The fraction of sp³-hybridized carbons (Fsp3) is 0.353. The molecule has 0 saturated carbocycles. The summed E-state index contributed by atoms with van der Waals surface area (Å²) in [5, 5.41) is 11.6. The van der Waals surface area contributed by atoms with Gasteiger partial charge in [-0.25, -0.2) is 0 Å². The summed E-state index contributed by atoms with van der Waals surface area (Å²) in [6.45, 7) is 6.52. The number of hydrogen-bond donors (Lipinski definition) is 1. The maximum Gasteiger partial charge on any atom is 0.206 e. The van der Waals surface area contributed by atoms with Crippen LogP contribution in [0.3, 0.4) is 0 Å². The first kappa shape index (κ1) is 17.8. The number of aromatic nitrogens is 3. The number of carbonyl (C=O) groups excluding carboxylic acids is 1. The Kier molecular flexibility index (Phi) is 5.29. The summed E-state index contributed by atoms with van der Waals surface area (Å²) < 4.78 is 8.32. The van der Waals surface area contributed by atoms with Gasteiger partial charge in [0.2, 0.25) is 5.13 Å². The molecule has 0 fully saturated rings. The highest BCUT2D eigenvalue weighted by Crippen LogP contribution is 2.31. The molecule has 1 N–H and O–H groups in total. The molecule has 6 nitrogen and oxygen atoms in total. The number of ketones is 1. The number of anilines is 1. The third kappa shape index (κ3) is 3.80. The van der Waals surface area contributed by atoms with Crippen molar-refractivity contribution in [3.63, 3.8) is 0 Å². The van der Waals surface area contributed by atoms with E-state index in [1.165, 1.54) is 23.1 Å². The second-order valence-electron chi connectivity index (χ2n) is 5.70. The van der Waals surface area contributed by atoms with Gasteiger partial charge in [-0.1, -0.05) is 23.1 Å². The van der Waals surface area contributed by atoms with E-state index in [0.717, 1.165) is 32.2 Å². The molecule has 1 atom stereocenters. The molecule has 0 bridgehead atoms. The topological polar surface area (TPSA) is 73.0 Å². The van der Waals surface area contributed by atoms with Crippen molar-refractivity contribution in [1.82, 2.24) is 14.8 Å². The predicted molar refractivity (Wildman–Crippen MR) is 101 cm³/mol. The molecule has 0 radical (unpaired) electrons. The van der Waals surface area contributed by atoms with Gasteiger partial charge in [-0.15, -0.1) is 10.2 Å². The molecule has 0 unspecified atom stereocenters. The van der Waals surface area contributed by atoms with Crippen molar-refractivity contribution < 1.29 is 9.21 Å². The molecular weight excluding hydrogens is 356 g/mol. The SMILES string of the molecule is CNc1nnc(S[C@@H](C)C(=O)c2cc(C)n(Cc3ccco3)c2C)s1. The van der Waals surface area contributed by atoms with Gasteiger partial charge >= 0.3 is 0 Å². The molecule has 0 aromatic carbocycles. The summed E-state index contributed by atoms with van der Waals surface area (Å²) >= 11 is 2.89. The van der Waals surface area contributed by atoms with Gasteiger partial charge in [-0.05, 0) is 39.0 Å². The summed E-state index contributed by atoms with van der Waals surface area (Å²) in [7, 11) is 1.80. The van der Waals surface area contributed by atoms with E-state index in [2.05, 4.69) is 20.1 Å². The lowest BCUT2D eigenvalue weighted by molar-refractivity contribution is 0.0993. The number of nitrogens with one attached hydrogen (secondary N) is 1. The highest BCUT2D eigenvalue weighted by molar-refractivity contribution is 8.02. The zero-order valence-corrected chi connectivity index (χ0v) is 16.2. The molecule has 0 saturated heterocycles. The summed E-state index contributed by atoms with van der Waals surface area (Å²) in [6, 6.07) is 5.76. The lowest BCUT2D eigenvalue weighted by Crippen LogP contribution is -2.14. The van der Waals surface area contributed by atoms with Crippen LogP contribution in [-0.4, -0.2) is 32.8 Å². The average Bonchev–Trinajstić information content (AvgIpc) is 3.32. The zero-order chi connectivity index (χ0) is 18.0. The minimum Gasteiger partial charge on any atom is -0.467 e. The molecular formula is C17H20N4O2S2. The molecule has 8 heteroatoms. The number of hydrogen-bond acceptors (Lipinski definition) is 7. The van der Waals surface area contributed by atoms with Crippen LogP contribution in [0.1, 0.15) is 34.4 Å². The van der Waals surface area contributed by atoms with E-state index in [1.54, 1.807) is 13.3 Å². The molecule has 132 valence electrons. The van der Waals surface area contributed by atoms with Crippen molar-refractivity contribution in [1.29, 1.82) is 0 Å². The van der Waals surface area contributed by atoms with E-state index in [4.69, 9.17) is 4.42 Å². The van der Waals surface area contributed by atoms with Crippen molar-refractivity contribution >= 4 is 34.0 Å². The first-order valence-electron chi connectivity index (χ1n) is 7.90. The maximum absolute atomic E-state index is 12.9. The highest BCUT2D eigenvalue weighted by atomic mass is 32.2. The molecule has 0 aliphatic carbocycles. The van der Waals surface area contributed by atoms with Crippen LogP contribution in [0.4, 0.5) is 5.13 Å². The Morgan fingerprint density at radius 2 is 2.24 bits per heavy atom. The van der Waals surface area contributed by atoms with Gasteiger partial charge < -0.3 is 14.3 Å². The van der Waals surface area contributed by atoms with Crippen molar-refractivity contribution in [2.45, 2.75) is 36.9 Å². The third-order valence-electron chi connectivity index (χ3n) is 4.00. The molecule has 0 spiro atoms. The molecule has 0 aliphatic heterocycles. The maximum atomic E-state index is 12.9. The third-order valence-corrected chi connectivity index (χ3v) is 6.13. The second kappa shape index (κ2) is 7.45. The molecule has 3 heterocycles. The number of nitrogens with zero attached hydrogens (tertiary/aromatic N) is 3. The van der Waals surface area contributed by atoms with Gasteiger partial charge in [0.15, 0.2) is 10.1 Å². The van der Waals surface area contributed by atoms with E-state index >= 15 is 0 Å². The minimum atomic E-state index is -0.227. The lowest BCUT2D eigenvalue weighted by atomic mass is 10.1. The number of rotatable bonds is 7. The fourth-order valence-corrected chi connectivity index (χ4v) is 4.55. The Morgan fingerprint density at radius 1 is 1.44 bits per heavy atom. The predicted octanol–water partition coefficient (Wildman–Crippen LogP) is 4.00. The largest absolute Gasteiger partial charge is 0.467 e. The van der Waals surface area contributed by atoms with Crippen molar-refractivity contribution in [2.24, 2.45) is 0 Å². The first-order chi connectivity index (χ1) is 12.0. The van der Waals surface area contributed by atoms with Crippen molar-refractivity contribution in [3.05, 3.63) is 47.2 Å². The van der Waals surface area contributed by atoms with Gasteiger partial charge in [0.25, 0.3) is 0 Å². The quantitative estimate of drug-likeness (QED) is 0.496. The summed E-state index contributed by atoms with van der Waals surface area (Å²) in [4.78, 5) is 12.9. The van der Waals surface area contributed by atoms with Gasteiger partial charge in [-0.2, -0.15) is 0 Å². The molecule has 25 heavy (non-hydrogen) atoms. The van der Waals surface area contributed by atoms with E-state index in [9.17, 15) is 4.79 Å². The van der Waals surface area contributed by atoms with Crippen LogP contribution in [0.15, 0.2) is 33.2 Å². The second-order valence-corrected chi connectivity index (χ2v) is 8.26. The Labute approximate surface area is 154 Å². The molecule has 3 aromatic heterocycles. The molecule has 0 amide bonds. The average molecular weight is 377 g/mol. The molecule has 3 rings (SSSR count). The van der Waals surface area contributed by atoms with Crippen LogP contribution in [0.2, 0.25) is 0 Å². The summed E-state index contributed by atoms with van der Waals surface area (Å²) in [5.74, 6) is 0.974. The smallest absolute Gasteiger partial charge is 0.206 e. The van der Waals surface area contributed by atoms with E-state index in [1.807, 2.05) is 39.0 Å². The Morgan fingerprint density at radius 3 is 2.88 bits per heavy atom.